The zero-order valence-corrected chi connectivity index (χ0v) is 11.8. The van der Waals surface area contributed by atoms with Crippen LogP contribution in [-0.2, 0) is 5.41 Å². The summed E-state index contributed by atoms with van der Waals surface area (Å²) in [7, 11) is 0. The van der Waals surface area contributed by atoms with E-state index in [1.54, 1.807) is 0 Å². The Morgan fingerprint density at radius 2 is 2.00 bits per heavy atom. The molecule has 2 aromatic rings. The first-order chi connectivity index (χ1) is 9.77. The lowest BCUT2D eigenvalue weighted by Gasteiger charge is -2.12. The second-order valence-electron chi connectivity index (χ2n) is 5.45. The predicted octanol–water partition coefficient (Wildman–Crippen LogP) is 1.45. The van der Waals surface area contributed by atoms with Crippen LogP contribution in [0.25, 0.3) is 0 Å². The molecule has 2 heterocycles. The van der Waals surface area contributed by atoms with E-state index < -0.39 is 11.9 Å². The average Bonchev–Trinajstić information content (AvgIpc) is 2.88. The number of anilines is 1. The van der Waals surface area contributed by atoms with Crippen LogP contribution in [0.5, 0.6) is 0 Å². The molecule has 0 radical (unpaired) electrons. The Bertz CT molecular complexity index is 670. The molecule has 0 aliphatic rings. The van der Waals surface area contributed by atoms with Gasteiger partial charge in [-0.2, -0.15) is 0 Å². The van der Waals surface area contributed by atoms with Crippen LogP contribution in [0.3, 0.4) is 0 Å². The number of H-pyrrole nitrogens is 1. The molecule has 0 atom stereocenters. The van der Waals surface area contributed by atoms with E-state index in [-0.39, 0.29) is 16.9 Å². The van der Waals surface area contributed by atoms with Crippen LogP contribution in [0.4, 0.5) is 5.69 Å². The molecule has 0 aliphatic heterocycles. The van der Waals surface area contributed by atoms with E-state index >= 15 is 0 Å². The number of carboxylic acids is 1. The van der Waals surface area contributed by atoms with Crippen molar-refractivity contribution < 1.29 is 14.7 Å². The molecule has 0 saturated heterocycles. The Hall–Kier alpha value is -2.77. The van der Waals surface area contributed by atoms with Crippen LogP contribution in [-0.4, -0.2) is 37.1 Å². The van der Waals surface area contributed by atoms with E-state index in [0.29, 0.717) is 11.5 Å². The predicted molar refractivity (Wildman–Crippen MR) is 74.2 cm³/mol. The molecule has 8 heteroatoms. The SMILES string of the molecule is CC(C)(C)c1nc(C(=O)Nc2ccc(C(=O)O)nc2)n[nH]1. The minimum absolute atomic E-state index is 0.0160. The van der Waals surface area contributed by atoms with E-state index in [1.165, 1.54) is 18.3 Å². The summed E-state index contributed by atoms with van der Waals surface area (Å²) in [5.74, 6) is -1.00. The highest BCUT2D eigenvalue weighted by Crippen LogP contribution is 2.17. The van der Waals surface area contributed by atoms with Crippen LogP contribution in [0.1, 0.15) is 47.7 Å². The summed E-state index contributed by atoms with van der Waals surface area (Å²) in [5, 5.41) is 17.9. The average molecular weight is 289 g/mol. The molecule has 3 N–H and O–H groups in total. The fourth-order valence-electron chi connectivity index (χ4n) is 1.48. The minimum atomic E-state index is -1.13. The highest BCUT2D eigenvalue weighted by molar-refractivity contribution is 6.01. The number of nitrogens with zero attached hydrogens (tertiary/aromatic N) is 3. The Kier molecular flexibility index (Phi) is 3.70. The molecule has 2 aromatic heterocycles. The molecule has 0 aromatic carbocycles. The van der Waals surface area contributed by atoms with Crippen molar-refractivity contribution in [2.24, 2.45) is 0 Å². The fourth-order valence-corrected chi connectivity index (χ4v) is 1.48. The molecule has 0 aliphatic carbocycles. The van der Waals surface area contributed by atoms with Crippen molar-refractivity contribution in [1.29, 1.82) is 0 Å². The van der Waals surface area contributed by atoms with Gasteiger partial charge in [0.05, 0.1) is 11.9 Å². The number of pyridine rings is 1. The fraction of sp³-hybridized carbons (Fsp3) is 0.308. The molecule has 0 fully saturated rings. The Balaban J connectivity index is 2.11. The summed E-state index contributed by atoms with van der Waals surface area (Å²) in [4.78, 5) is 30.5. The molecule has 2 rings (SSSR count). The van der Waals surface area contributed by atoms with Gasteiger partial charge in [0.1, 0.15) is 11.5 Å². The minimum Gasteiger partial charge on any atom is -0.477 e. The topological polar surface area (TPSA) is 121 Å². The number of rotatable bonds is 3. The molecular formula is C13H15N5O3. The van der Waals surface area contributed by atoms with Gasteiger partial charge in [0.2, 0.25) is 5.82 Å². The van der Waals surface area contributed by atoms with E-state index in [0.717, 1.165) is 0 Å². The number of nitrogens with one attached hydrogen (secondary N) is 2. The second kappa shape index (κ2) is 5.31. The maximum atomic E-state index is 12.0. The van der Waals surface area contributed by atoms with Gasteiger partial charge in [-0.3, -0.25) is 9.89 Å². The summed E-state index contributed by atoms with van der Waals surface area (Å²) < 4.78 is 0. The summed E-state index contributed by atoms with van der Waals surface area (Å²) >= 11 is 0. The van der Waals surface area contributed by atoms with E-state index in [9.17, 15) is 9.59 Å². The maximum absolute atomic E-state index is 12.0. The van der Waals surface area contributed by atoms with Crippen molar-refractivity contribution in [3.05, 3.63) is 35.7 Å². The molecule has 110 valence electrons. The monoisotopic (exact) mass is 289 g/mol. The molecule has 0 bridgehead atoms. The number of amides is 1. The van der Waals surface area contributed by atoms with Gasteiger partial charge in [0, 0.05) is 5.41 Å². The van der Waals surface area contributed by atoms with Crippen molar-refractivity contribution >= 4 is 17.6 Å². The number of carbonyl (C=O) groups excluding carboxylic acids is 1. The summed E-state index contributed by atoms with van der Waals surface area (Å²) in [6.45, 7) is 5.84. The van der Waals surface area contributed by atoms with Gasteiger partial charge in [-0.05, 0) is 12.1 Å². The summed E-state index contributed by atoms with van der Waals surface area (Å²) in [6.07, 6.45) is 1.26. The van der Waals surface area contributed by atoms with Crippen molar-refractivity contribution in [3.8, 4) is 0 Å². The normalized spacial score (nSPS) is 11.2. The zero-order valence-electron chi connectivity index (χ0n) is 11.8. The van der Waals surface area contributed by atoms with Gasteiger partial charge < -0.3 is 10.4 Å². The van der Waals surface area contributed by atoms with Crippen molar-refractivity contribution in [3.63, 3.8) is 0 Å². The first-order valence-electron chi connectivity index (χ1n) is 6.21. The third-order valence-electron chi connectivity index (χ3n) is 2.64. The Morgan fingerprint density at radius 3 is 2.48 bits per heavy atom. The molecular weight excluding hydrogens is 274 g/mol. The number of carboxylic acid groups (broad SMARTS) is 1. The lowest BCUT2D eigenvalue weighted by atomic mass is 9.96. The maximum Gasteiger partial charge on any atom is 0.354 e. The van der Waals surface area contributed by atoms with Gasteiger partial charge in [0.25, 0.3) is 5.91 Å². The molecule has 0 spiro atoms. The standard InChI is InChI=1S/C13H15N5O3/c1-13(2,3)12-16-9(17-18-12)10(19)15-7-4-5-8(11(20)21)14-6-7/h4-6H,1-3H3,(H,15,19)(H,20,21)(H,16,17,18). The highest BCUT2D eigenvalue weighted by Gasteiger charge is 2.21. The lowest BCUT2D eigenvalue weighted by Crippen LogP contribution is -2.16. The number of hydrogen-bond acceptors (Lipinski definition) is 5. The third-order valence-corrected chi connectivity index (χ3v) is 2.64. The number of aromatic nitrogens is 4. The summed E-state index contributed by atoms with van der Waals surface area (Å²) in [6, 6.07) is 2.75. The van der Waals surface area contributed by atoms with Crippen LogP contribution in [0.15, 0.2) is 18.3 Å². The Morgan fingerprint density at radius 1 is 1.29 bits per heavy atom. The van der Waals surface area contributed by atoms with E-state index in [1.807, 2.05) is 20.8 Å². The van der Waals surface area contributed by atoms with E-state index in [4.69, 9.17) is 5.11 Å². The number of carbonyl (C=O) groups is 2. The number of aromatic amines is 1. The van der Waals surface area contributed by atoms with E-state index in [2.05, 4.69) is 25.5 Å². The smallest absolute Gasteiger partial charge is 0.354 e. The van der Waals surface area contributed by atoms with Crippen LogP contribution >= 0.6 is 0 Å². The van der Waals surface area contributed by atoms with Crippen LogP contribution in [0.2, 0.25) is 0 Å². The quantitative estimate of drug-likeness (QED) is 0.786. The van der Waals surface area contributed by atoms with Gasteiger partial charge in [-0.1, -0.05) is 20.8 Å². The first kappa shape index (κ1) is 14.6. The van der Waals surface area contributed by atoms with Gasteiger partial charge in [-0.25, -0.2) is 14.8 Å². The van der Waals surface area contributed by atoms with Crippen LogP contribution < -0.4 is 5.32 Å². The molecule has 8 nitrogen and oxygen atoms in total. The second-order valence-corrected chi connectivity index (χ2v) is 5.45. The molecule has 0 saturated carbocycles. The number of aromatic carboxylic acids is 1. The van der Waals surface area contributed by atoms with Crippen molar-refractivity contribution in [1.82, 2.24) is 20.2 Å². The molecule has 1 amide bonds. The van der Waals surface area contributed by atoms with Gasteiger partial charge >= 0.3 is 5.97 Å². The van der Waals surface area contributed by atoms with Gasteiger partial charge in [0.15, 0.2) is 0 Å². The number of hydrogen-bond donors (Lipinski definition) is 3. The zero-order chi connectivity index (χ0) is 15.6. The van der Waals surface area contributed by atoms with Gasteiger partial charge in [-0.15, -0.1) is 5.10 Å². The van der Waals surface area contributed by atoms with Crippen molar-refractivity contribution in [2.75, 3.05) is 5.32 Å². The van der Waals surface area contributed by atoms with Crippen molar-refractivity contribution in [2.45, 2.75) is 26.2 Å². The largest absolute Gasteiger partial charge is 0.477 e. The van der Waals surface area contributed by atoms with Crippen LogP contribution in [0, 0.1) is 0 Å². The molecule has 0 unspecified atom stereocenters. The lowest BCUT2D eigenvalue weighted by molar-refractivity contribution is 0.0690. The Labute approximate surface area is 120 Å². The highest BCUT2D eigenvalue weighted by atomic mass is 16.4. The summed E-state index contributed by atoms with van der Waals surface area (Å²) in [5.41, 5.74) is 0.0315. The third kappa shape index (κ3) is 3.41. The molecule has 21 heavy (non-hydrogen) atoms. The first-order valence-corrected chi connectivity index (χ1v) is 6.21.